The summed E-state index contributed by atoms with van der Waals surface area (Å²) in [6.45, 7) is 4.45. The molecule has 0 aliphatic heterocycles. The molecular formula is C14H21NS. The molecule has 0 aromatic rings. The number of hydrogen-bond acceptors (Lipinski definition) is 2. The monoisotopic (exact) mass is 235 g/mol. The zero-order valence-electron chi connectivity index (χ0n) is 10.4. The molecule has 0 aromatic heterocycles. The van der Waals surface area contributed by atoms with E-state index in [1.54, 1.807) is 17.3 Å². The van der Waals surface area contributed by atoms with Crippen LogP contribution in [0.2, 0.25) is 0 Å². The quantitative estimate of drug-likeness (QED) is 0.788. The molecule has 88 valence electrons. The fraction of sp³-hybridized carbons (Fsp3) is 0.571. The average Bonchev–Trinajstić information content (AvgIpc) is 3.10. The smallest absolute Gasteiger partial charge is 0.0371 e. The first-order valence-corrected chi connectivity index (χ1v) is 7.31. The van der Waals surface area contributed by atoms with E-state index in [-0.39, 0.29) is 0 Å². The van der Waals surface area contributed by atoms with Crippen molar-refractivity contribution in [2.75, 3.05) is 6.26 Å². The van der Waals surface area contributed by atoms with Gasteiger partial charge in [-0.05, 0) is 60.8 Å². The van der Waals surface area contributed by atoms with E-state index in [0.717, 1.165) is 5.92 Å². The van der Waals surface area contributed by atoms with Crippen LogP contribution in [0.15, 0.2) is 34.5 Å². The van der Waals surface area contributed by atoms with Crippen LogP contribution in [0.25, 0.3) is 0 Å². The Bertz CT molecular complexity index is 348. The topological polar surface area (TPSA) is 12.0 Å². The molecule has 2 heteroatoms. The highest BCUT2D eigenvalue weighted by molar-refractivity contribution is 8.02. The molecule has 1 nitrogen and oxygen atoms in total. The molecule has 2 aliphatic carbocycles. The first-order valence-electron chi connectivity index (χ1n) is 6.09. The van der Waals surface area contributed by atoms with E-state index in [1.807, 2.05) is 0 Å². The molecule has 1 unspecified atom stereocenters. The Morgan fingerprint density at radius 3 is 2.88 bits per heavy atom. The van der Waals surface area contributed by atoms with Gasteiger partial charge in [-0.15, -0.1) is 11.8 Å². The van der Waals surface area contributed by atoms with Gasteiger partial charge in [-0.25, -0.2) is 0 Å². The summed E-state index contributed by atoms with van der Waals surface area (Å²) in [5.74, 6) is 1.59. The van der Waals surface area contributed by atoms with Crippen molar-refractivity contribution in [1.29, 1.82) is 0 Å². The fourth-order valence-electron chi connectivity index (χ4n) is 2.09. The Morgan fingerprint density at radius 2 is 2.25 bits per heavy atom. The van der Waals surface area contributed by atoms with E-state index in [1.165, 1.54) is 29.9 Å². The summed E-state index contributed by atoms with van der Waals surface area (Å²) >= 11 is 1.79. The van der Waals surface area contributed by atoms with Gasteiger partial charge in [0.05, 0.1) is 0 Å². The SMILES string of the molecule is CS/C(C)=C/NC1=C(C2CC2)CC(C)C=C1. The highest BCUT2D eigenvalue weighted by Crippen LogP contribution is 2.42. The molecule has 0 saturated heterocycles. The second kappa shape index (κ2) is 5.13. The molecule has 0 heterocycles. The van der Waals surface area contributed by atoms with Gasteiger partial charge in [-0.2, -0.15) is 0 Å². The minimum Gasteiger partial charge on any atom is -0.361 e. The molecule has 1 atom stereocenters. The van der Waals surface area contributed by atoms with Crippen molar-refractivity contribution in [2.45, 2.75) is 33.1 Å². The van der Waals surface area contributed by atoms with Crippen molar-refractivity contribution >= 4 is 11.8 Å². The van der Waals surface area contributed by atoms with Gasteiger partial charge in [0.1, 0.15) is 0 Å². The van der Waals surface area contributed by atoms with Gasteiger partial charge in [0.25, 0.3) is 0 Å². The molecule has 2 rings (SSSR count). The third-order valence-corrected chi connectivity index (χ3v) is 4.06. The van der Waals surface area contributed by atoms with E-state index in [0.29, 0.717) is 5.92 Å². The summed E-state index contributed by atoms with van der Waals surface area (Å²) in [7, 11) is 0. The minimum atomic E-state index is 0.715. The predicted molar refractivity (Wildman–Crippen MR) is 73.1 cm³/mol. The zero-order valence-corrected chi connectivity index (χ0v) is 11.2. The average molecular weight is 235 g/mol. The second-order valence-corrected chi connectivity index (χ2v) is 5.91. The van der Waals surface area contributed by atoms with Crippen LogP contribution in [0.5, 0.6) is 0 Å². The van der Waals surface area contributed by atoms with Gasteiger partial charge >= 0.3 is 0 Å². The standard InChI is InChI=1S/C14H21NS/c1-10-4-7-14(15-9-11(2)16-3)13(8-10)12-5-6-12/h4,7,9-10,12,15H,5-6,8H2,1-3H3/b11-9+. The maximum absolute atomic E-state index is 3.47. The first-order chi connectivity index (χ1) is 7.70. The number of nitrogens with one attached hydrogen (secondary N) is 1. The molecule has 0 bridgehead atoms. The fourth-order valence-corrected chi connectivity index (χ4v) is 2.27. The summed E-state index contributed by atoms with van der Waals surface area (Å²) in [6, 6.07) is 0. The highest BCUT2D eigenvalue weighted by Gasteiger charge is 2.29. The van der Waals surface area contributed by atoms with Gasteiger partial charge in [0.15, 0.2) is 0 Å². The zero-order chi connectivity index (χ0) is 11.5. The Morgan fingerprint density at radius 1 is 1.50 bits per heavy atom. The number of hydrogen-bond donors (Lipinski definition) is 1. The van der Waals surface area contributed by atoms with E-state index in [2.05, 4.69) is 43.8 Å². The van der Waals surface area contributed by atoms with Crippen LogP contribution in [0.1, 0.15) is 33.1 Å². The van der Waals surface area contributed by atoms with E-state index >= 15 is 0 Å². The largest absolute Gasteiger partial charge is 0.361 e. The van der Waals surface area contributed by atoms with E-state index < -0.39 is 0 Å². The van der Waals surface area contributed by atoms with Gasteiger partial charge in [-0.3, -0.25) is 0 Å². The molecule has 0 aromatic carbocycles. The van der Waals surface area contributed by atoms with Crippen molar-refractivity contribution in [3.05, 3.63) is 34.5 Å². The highest BCUT2D eigenvalue weighted by atomic mass is 32.2. The number of rotatable bonds is 4. The predicted octanol–water partition coefficient (Wildman–Crippen LogP) is 4.06. The van der Waals surface area contributed by atoms with Crippen molar-refractivity contribution in [3.63, 3.8) is 0 Å². The van der Waals surface area contributed by atoms with Crippen LogP contribution in [0.3, 0.4) is 0 Å². The van der Waals surface area contributed by atoms with Crippen LogP contribution in [0, 0.1) is 11.8 Å². The Kier molecular flexibility index (Phi) is 3.80. The minimum absolute atomic E-state index is 0.715. The molecule has 0 spiro atoms. The van der Waals surface area contributed by atoms with Crippen molar-refractivity contribution in [2.24, 2.45) is 11.8 Å². The Balaban J connectivity index is 2.09. The summed E-state index contributed by atoms with van der Waals surface area (Å²) in [6.07, 6.45) is 12.9. The van der Waals surface area contributed by atoms with Crippen LogP contribution in [-0.4, -0.2) is 6.26 Å². The maximum Gasteiger partial charge on any atom is 0.0371 e. The van der Waals surface area contributed by atoms with Crippen molar-refractivity contribution in [3.8, 4) is 0 Å². The summed E-state index contributed by atoms with van der Waals surface area (Å²) in [4.78, 5) is 1.33. The lowest BCUT2D eigenvalue weighted by molar-refractivity contribution is 0.657. The number of allylic oxidation sites excluding steroid dienone is 4. The van der Waals surface area contributed by atoms with Crippen LogP contribution >= 0.6 is 11.8 Å². The summed E-state index contributed by atoms with van der Waals surface area (Å²) in [5.41, 5.74) is 3.01. The van der Waals surface area contributed by atoms with Gasteiger partial charge in [0, 0.05) is 11.9 Å². The van der Waals surface area contributed by atoms with E-state index in [4.69, 9.17) is 0 Å². The molecule has 1 saturated carbocycles. The van der Waals surface area contributed by atoms with Gasteiger partial charge in [-0.1, -0.05) is 13.0 Å². The van der Waals surface area contributed by atoms with Crippen molar-refractivity contribution in [1.82, 2.24) is 5.32 Å². The maximum atomic E-state index is 3.47. The lowest BCUT2D eigenvalue weighted by atomic mass is 9.91. The molecule has 1 N–H and O–H groups in total. The lowest BCUT2D eigenvalue weighted by Crippen LogP contribution is -2.13. The molecule has 2 aliphatic rings. The normalized spacial score (nSPS) is 26.2. The lowest BCUT2D eigenvalue weighted by Gasteiger charge is -2.20. The molecular weight excluding hydrogens is 214 g/mol. The second-order valence-electron chi connectivity index (χ2n) is 4.86. The molecule has 0 radical (unpaired) electrons. The summed E-state index contributed by atoms with van der Waals surface area (Å²) in [5, 5.41) is 3.47. The molecule has 1 fully saturated rings. The van der Waals surface area contributed by atoms with Gasteiger partial charge < -0.3 is 5.32 Å². The molecule has 16 heavy (non-hydrogen) atoms. The first kappa shape index (κ1) is 11.8. The third kappa shape index (κ3) is 2.94. The molecule has 0 amide bonds. The van der Waals surface area contributed by atoms with E-state index in [9.17, 15) is 0 Å². The van der Waals surface area contributed by atoms with Gasteiger partial charge in [0.2, 0.25) is 0 Å². The number of thioether (sulfide) groups is 1. The Labute approximate surface area is 103 Å². The third-order valence-electron chi connectivity index (χ3n) is 3.30. The Hall–Kier alpha value is -0.630. The van der Waals surface area contributed by atoms with Crippen LogP contribution in [-0.2, 0) is 0 Å². The van der Waals surface area contributed by atoms with Crippen LogP contribution < -0.4 is 5.32 Å². The summed E-state index contributed by atoms with van der Waals surface area (Å²) < 4.78 is 0. The van der Waals surface area contributed by atoms with Crippen LogP contribution in [0.4, 0.5) is 0 Å². The van der Waals surface area contributed by atoms with Crippen molar-refractivity contribution < 1.29 is 0 Å².